The molecule has 0 aliphatic rings. The van der Waals surface area contributed by atoms with Crippen molar-refractivity contribution >= 4 is 35.6 Å². The van der Waals surface area contributed by atoms with E-state index in [-0.39, 0.29) is 43.1 Å². The van der Waals surface area contributed by atoms with Gasteiger partial charge in [-0.05, 0) is 55.7 Å². The summed E-state index contributed by atoms with van der Waals surface area (Å²) in [5.74, 6) is 0. The molecular formula is C24H32Cl2N2O2. The SMILES string of the molecule is CC(OC[C@H](O)CNC(C)(C)Cc1ccc2ccccc2c1)c1ccccn1.Cl.Cl. The Morgan fingerprint density at radius 1 is 1.00 bits per heavy atom. The standard InChI is InChI=1S/C24H30N2O2.2ClH/c1-18(23-10-6-7-13-25-23)28-17-22(27)16-26-24(2,3)15-19-11-12-20-8-4-5-9-21(20)14-19;;/h4-14,18,22,26-27H,15-17H2,1-3H3;2*1H/t18?,22-;;/m1../s1. The molecule has 2 aromatic carbocycles. The zero-order valence-corrected chi connectivity index (χ0v) is 19.4. The van der Waals surface area contributed by atoms with Gasteiger partial charge in [-0.15, -0.1) is 24.8 Å². The number of ether oxygens (including phenoxy) is 1. The van der Waals surface area contributed by atoms with Crippen LogP contribution in [0, 0.1) is 0 Å². The Balaban J connectivity index is 0.00000225. The van der Waals surface area contributed by atoms with Gasteiger partial charge in [0.25, 0.3) is 0 Å². The third-order valence-corrected chi connectivity index (χ3v) is 4.92. The quantitative estimate of drug-likeness (QED) is 0.474. The number of pyridine rings is 1. The smallest absolute Gasteiger partial charge is 0.0967 e. The first-order valence-electron chi connectivity index (χ1n) is 9.86. The van der Waals surface area contributed by atoms with Crippen molar-refractivity contribution in [3.8, 4) is 0 Å². The normalized spacial score (nSPS) is 13.2. The first-order chi connectivity index (χ1) is 13.4. The highest BCUT2D eigenvalue weighted by Gasteiger charge is 2.20. The van der Waals surface area contributed by atoms with Crippen LogP contribution in [-0.4, -0.2) is 34.9 Å². The van der Waals surface area contributed by atoms with Crippen molar-refractivity contribution in [3.05, 3.63) is 78.1 Å². The second kappa shape index (κ2) is 12.2. The van der Waals surface area contributed by atoms with E-state index in [2.05, 4.69) is 66.6 Å². The number of aromatic nitrogens is 1. The minimum atomic E-state index is -0.568. The molecule has 0 aliphatic carbocycles. The molecule has 0 saturated heterocycles. The van der Waals surface area contributed by atoms with Crippen molar-refractivity contribution in [1.82, 2.24) is 10.3 Å². The number of nitrogens with one attached hydrogen (secondary N) is 1. The van der Waals surface area contributed by atoms with Crippen LogP contribution >= 0.6 is 24.8 Å². The molecule has 1 aromatic heterocycles. The van der Waals surface area contributed by atoms with Crippen LogP contribution in [-0.2, 0) is 11.2 Å². The number of nitrogens with zero attached hydrogens (tertiary/aromatic N) is 1. The molecule has 0 fully saturated rings. The van der Waals surface area contributed by atoms with E-state index in [1.807, 2.05) is 25.1 Å². The average Bonchev–Trinajstić information content (AvgIpc) is 2.71. The summed E-state index contributed by atoms with van der Waals surface area (Å²) in [5, 5.41) is 16.3. The van der Waals surface area contributed by atoms with Gasteiger partial charge in [0.2, 0.25) is 0 Å². The molecule has 3 aromatic rings. The molecule has 1 heterocycles. The van der Waals surface area contributed by atoms with E-state index in [1.54, 1.807) is 6.20 Å². The summed E-state index contributed by atoms with van der Waals surface area (Å²) in [7, 11) is 0. The number of halogens is 2. The van der Waals surface area contributed by atoms with Crippen molar-refractivity contribution < 1.29 is 9.84 Å². The number of hydrogen-bond donors (Lipinski definition) is 2. The molecular weight excluding hydrogens is 419 g/mol. The number of benzene rings is 2. The van der Waals surface area contributed by atoms with Crippen molar-refractivity contribution in [2.75, 3.05) is 13.2 Å². The molecule has 2 N–H and O–H groups in total. The molecule has 164 valence electrons. The lowest BCUT2D eigenvalue weighted by Crippen LogP contribution is -2.46. The fourth-order valence-corrected chi connectivity index (χ4v) is 3.33. The van der Waals surface area contributed by atoms with E-state index in [0.717, 1.165) is 12.1 Å². The third kappa shape index (κ3) is 7.86. The van der Waals surface area contributed by atoms with Crippen LogP contribution in [0.3, 0.4) is 0 Å². The molecule has 0 radical (unpaired) electrons. The molecule has 4 nitrogen and oxygen atoms in total. The topological polar surface area (TPSA) is 54.4 Å². The molecule has 0 amide bonds. The Bertz CT molecular complexity index is 891. The molecule has 0 saturated carbocycles. The number of fused-ring (bicyclic) bond motifs is 1. The van der Waals surface area contributed by atoms with Gasteiger partial charge in [0.05, 0.1) is 24.5 Å². The van der Waals surface area contributed by atoms with Crippen LogP contribution in [0.4, 0.5) is 0 Å². The summed E-state index contributed by atoms with van der Waals surface area (Å²) in [4.78, 5) is 4.29. The lowest BCUT2D eigenvalue weighted by molar-refractivity contribution is -0.00574. The lowest BCUT2D eigenvalue weighted by Gasteiger charge is -2.28. The monoisotopic (exact) mass is 450 g/mol. The largest absolute Gasteiger partial charge is 0.389 e. The van der Waals surface area contributed by atoms with Crippen LogP contribution in [0.5, 0.6) is 0 Å². The number of hydrogen-bond acceptors (Lipinski definition) is 4. The third-order valence-electron chi connectivity index (χ3n) is 4.92. The van der Waals surface area contributed by atoms with Gasteiger partial charge in [-0.25, -0.2) is 0 Å². The second-order valence-corrected chi connectivity index (χ2v) is 8.01. The van der Waals surface area contributed by atoms with Gasteiger partial charge >= 0.3 is 0 Å². The van der Waals surface area contributed by atoms with Crippen LogP contribution in [0.25, 0.3) is 10.8 Å². The fraction of sp³-hybridized carbons (Fsp3) is 0.375. The number of aliphatic hydroxyl groups excluding tert-OH is 1. The summed E-state index contributed by atoms with van der Waals surface area (Å²) in [6, 6.07) is 20.7. The van der Waals surface area contributed by atoms with E-state index >= 15 is 0 Å². The maximum atomic E-state index is 10.3. The maximum absolute atomic E-state index is 10.3. The van der Waals surface area contributed by atoms with E-state index in [9.17, 15) is 5.11 Å². The Morgan fingerprint density at radius 3 is 2.40 bits per heavy atom. The molecule has 1 unspecified atom stereocenters. The highest BCUT2D eigenvalue weighted by molar-refractivity contribution is 5.85. The molecule has 0 aliphatic heterocycles. The predicted molar refractivity (Wildman–Crippen MR) is 129 cm³/mol. The summed E-state index contributed by atoms with van der Waals surface area (Å²) in [6.07, 6.45) is 1.93. The number of rotatable bonds is 9. The molecule has 0 bridgehead atoms. The minimum absolute atomic E-state index is 0. The summed E-state index contributed by atoms with van der Waals surface area (Å²) in [6.45, 7) is 7.02. The highest BCUT2D eigenvalue weighted by atomic mass is 35.5. The fourth-order valence-electron chi connectivity index (χ4n) is 3.33. The first-order valence-corrected chi connectivity index (χ1v) is 9.86. The minimum Gasteiger partial charge on any atom is -0.389 e. The van der Waals surface area contributed by atoms with Gasteiger partial charge in [0.1, 0.15) is 0 Å². The van der Waals surface area contributed by atoms with Crippen LogP contribution in [0.15, 0.2) is 66.9 Å². The summed E-state index contributed by atoms with van der Waals surface area (Å²) < 4.78 is 5.77. The second-order valence-electron chi connectivity index (χ2n) is 8.01. The molecule has 0 spiro atoms. The van der Waals surface area contributed by atoms with Crippen molar-refractivity contribution in [1.29, 1.82) is 0 Å². The van der Waals surface area contributed by atoms with E-state index < -0.39 is 6.10 Å². The zero-order chi connectivity index (χ0) is 20.0. The van der Waals surface area contributed by atoms with Gasteiger partial charge in [0.15, 0.2) is 0 Å². The van der Waals surface area contributed by atoms with Crippen molar-refractivity contribution in [2.24, 2.45) is 0 Å². The molecule has 2 atom stereocenters. The van der Waals surface area contributed by atoms with Gasteiger partial charge in [0, 0.05) is 18.3 Å². The molecule has 6 heteroatoms. The van der Waals surface area contributed by atoms with Gasteiger partial charge < -0.3 is 15.2 Å². The highest BCUT2D eigenvalue weighted by Crippen LogP contribution is 2.20. The summed E-state index contributed by atoms with van der Waals surface area (Å²) >= 11 is 0. The van der Waals surface area contributed by atoms with Gasteiger partial charge in [-0.3, -0.25) is 4.98 Å². The van der Waals surface area contributed by atoms with Gasteiger partial charge in [-0.2, -0.15) is 0 Å². The summed E-state index contributed by atoms with van der Waals surface area (Å²) in [5.41, 5.74) is 2.03. The van der Waals surface area contributed by atoms with E-state index in [4.69, 9.17) is 4.74 Å². The Kier molecular flexibility index (Phi) is 10.7. The average molecular weight is 451 g/mol. The number of β-amino-alcohol motifs (C(OH)–C–C–N with tert-alkyl or cyclic N) is 1. The Hall–Kier alpha value is -1.69. The molecule has 3 rings (SSSR count). The molecule has 30 heavy (non-hydrogen) atoms. The van der Waals surface area contributed by atoms with Crippen molar-refractivity contribution in [3.63, 3.8) is 0 Å². The Morgan fingerprint density at radius 2 is 1.70 bits per heavy atom. The maximum Gasteiger partial charge on any atom is 0.0967 e. The van der Waals surface area contributed by atoms with E-state index in [0.29, 0.717) is 6.54 Å². The Labute approximate surface area is 191 Å². The lowest BCUT2D eigenvalue weighted by atomic mass is 9.93. The predicted octanol–water partition coefficient (Wildman–Crippen LogP) is 5.13. The van der Waals surface area contributed by atoms with E-state index in [1.165, 1.54) is 16.3 Å². The van der Waals surface area contributed by atoms with Crippen molar-refractivity contribution in [2.45, 2.75) is 44.9 Å². The zero-order valence-electron chi connectivity index (χ0n) is 17.7. The number of aliphatic hydroxyl groups is 1. The first kappa shape index (κ1) is 26.3. The van der Waals surface area contributed by atoms with Crippen LogP contribution in [0.2, 0.25) is 0 Å². The van der Waals surface area contributed by atoms with Gasteiger partial charge in [-0.1, -0.05) is 48.5 Å². The van der Waals surface area contributed by atoms with Crippen LogP contribution in [0.1, 0.15) is 38.1 Å². The van der Waals surface area contributed by atoms with Crippen LogP contribution < -0.4 is 5.32 Å².